The summed E-state index contributed by atoms with van der Waals surface area (Å²) >= 11 is 0. The Morgan fingerprint density at radius 2 is 1.88 bits per heavy atom. The molecule has 2 N–H and O–H groups in total. The standard InChI is InChI=1S/C26H35N3O3/c1-3-4-5-11-25(30)28-22-12-13-24(23(18-22)26(31)27-15-8-17-32-2)29-16-14-20-9-6-7-10-21(20)19-29/h6-7,9-10,12-13,18H,3-5,8,11,14-17,19H2,1-2H3,(H,27,31)(H,28,30). The number of rotatable bonds is 11. The lowest BCUT2D eigenvalue weighted by Gasteiger charge is -2.32. The molecule has 0 aromatic heterocycles. The smallest absolute Gasteiger partial charge is 0.253 e. The molecule has 2 amide bonds. The summed E-state index contributed by atoms with van der Waals surface area (Å²) in [5.74, 6) is -0.137. The SMILES string of the molecule is CCCCCC(=O)Nc1ccc(N2CCc3ccccc3C2)c(C(=O)NCCCOC)c1. The lowest BCUT2D eigenvalue weighted by Crippen LogP contribution is -2.33. The molecule has 0 saturated heterocycles. The number of amides is 2. The van der Waals surface area contributed by atoms with Gasteiger partial charge >= 0.3 is 0 Å². The van der Waals surface area contributed by atoms with Gasteiger partial charge in [0.1, 0.15) is 0 Å². The molecule has 2 aromatic carbocycles. The minimum atomic E-state index is -0.128. The van der Waals surface area contributed by atoms with Crippen LogP contribution in [0, 0.1) is 0 Å². The number of anilines is 2. The zero-order chi connectivity index (χ0) is 22.8. The summed E-state index contributed by atoms with van der Waals surface area (Å²) in [4.78, 5) is 27.6. The Hall–Kier alpha value is -2.86. The first kappa shape index (κ1) is 23.8. The number of methoxy groups -OCH3 is 1. The van der Waals surface area contributed by atoms with Crippen molar-refractivity contribution >= 4 is 23.2 Å². The van der Waals surface area contributed by atoms with Crippen LogP contribution in [0.2, 0.25) is 0 Å². The third-order valence-corrected chi connectivity index (χ3v) is 5.81. The van der Waals surface area contributed by atoms with Gasteiger partial charge in [0.05, 0.1) is 5.56 Å². The van der Waals surface area contributed by atoms with Crippen LogP contribution in [0.25, 0.3) is 0 Å². The number of nitrogens with one attached hydrogen (secondary N) is 2. The van der Waals surface area contributed by atoms with Gasteiger partial charge in [0.15, 0.2) is 0 Å². The number of benzene rings is 2. The molecule has 0 spiro atoms. The van der Waals surface area contributed by atoms with Crippen LogP contribution in [-0.4, -0.2) is 38.6 Å². The topological polar surface area (TPSA) is 70.7 Å². The van der Waals surface area contributed by atoms with Crippen LogP contribution in [0.1, 0.15) is 60.5 Å². The van der Waals surface area contributed by atoms with Crippen LogP contribution < -0.4 is 15.5 Å². The molecule has 32 heavy (non-hydrogen) atoms. The van der Waals surface area contributed by atoms with E-state index in [4.69, 9.17) is 4.74 Å². The number of unbranched alkanes of at least 4 members (excludes halogenated alkanes) is 2. The monoisotopic (exact) mass is 437 g/mol. The van der Waals surface area contributed by atoms with E-state index in [0.29, 0.717) is 30.8 Å². The molecule has 6 nitrogen and oxygen atoms in total. The first-order chi connectivity index (χ1) is 15.6. The van der Waals surface area contributed by atoms with Crippen molar-refractivity contribution in [1.29, 1.82) is 0 Å². The fraction of sp³-hybridized carbons (Fsp3) is 0.462. The summed E-state index contributed by atoms with van der Waals surface area (Å²) in [6, 6.07) is 14.1. The summed E-state index contributed by atoms with van der Waals surface area (Å²) < 4.78 is 5.08. The van der Waals surface area contributed by atoms with E-state index < -0.39 is 0 Å². The molecule has 6 heteroatoms. The van der Waals surface area contributed by atoms with Crippen LogP contribution in [0.4, 0.5) is 11.4 Å². The van der Waals surface area contributed by atoms with Crippen molar-refractivity contribution in [3.05, 3.63) is 59.2 Å². The van der Waals surface area contributed by atoms with Crippen molar-refractivity contribution < 1.29 is 14.3 Å². The number of ether oxygens (including phenoxy) is 1. The first-order valence-corrected chi connectivity index (χ1v) is 11.6. The molecule has 0 bridgehead atoms. The highest BCUT2D eigenvalue weighted by Crippen LogP contribution is 2.29. The highest BCUT2D eigenvalue weighted by atomic mass is 16.5. The van der Waals surface area contributed by atoms with E-state index >= 15 is 0 Å². The third kappa shape index (κ3) is 6.57. The predicted molar refractivity (Wildman–Crippen MR) is 129 cm³/mol. The summed E-state index contributed by atoms with van der Waals surface area (Å²) in [5, 5.41) is 5.96. The number of fused-ring (bicyclic) bond motifs is 1. The van der Waals surface area contributed by atoms with Gasteiger partial charge in [-0.3, -0.25) is 9.59 Å². The van der Waals surface area contributed by atoms with Crippen molar-refractivity contribution in [2.45, 2.75) is 52.0 Å². The average Bonchev–Trinajstić information content (AvgIpc) is 2.81. The van der Waals surface area contributed by atoms with E-state index in [0.717, 1.165) is 50.9 Å². The van der Waals surface area contributed by atoms with Crippen molar-refractivity contribution in [2.75, 3.05) is 37.0 Å². The molecule has 0 atom stereocenters. The maximum Gasteiger partial charge on any atom is 0.253 e. The molecule has 0 fully saturated rings. The van der Waals surface area contributed by atoms with Gasteiger partial charge in [-0.05, 0) is 48.6 Å². The Morgan fingerprint density at radius 1 is 1.06 bits per heavy atom. The minimum Gasteiger partial charge on any atom is -0.385 e. The van der Waals surface area contributed by atoms with Crippen molar-refractivity contribution in [3.63, 3.8) is 0 Å². The van der Waals surface area contributed by atoms with Gasteiger partial charge in [-0.25, -0.2) is 0 Å². The van der Waals surface area contributed by atoms with Gasteiger partial charge in [0, 0.05) is 51.1 Å². The maximum atomic E-state index is 13.1. The zero-order valence-corrected chi connectivity index (χ0v) is 19.3. The number of carbonyl (C=O) groups is 2. The van der Waals surface area contributed by atoms with Gasteiger partial charge in [0.25, 0.3) is 5.91 Å². The number of carbonyl (C=O) groups excluding carboxylic acids is 2. The second-order valence-corrected chi connectivity index (χ2v) is 8.28. The molecule has 0 aliphatic carbocycles. The molecule has 3 rings (SSSR count). The van der Waals surface area contributed by atoms with Crippen molar-refractivity contribution in [3.8, 4) is 0 Å². The Kier molecular flexibility index (Phi) is 9.11. The third-order valence-electron chi connectivity index (χ3n) is 5.81. The molecular weight excluding hydrogens is 402 g/mol. The summed E-state index contributed by atoms with van der Waals surface area (Å²) in [6.45, 7) is 4.88. The molecule has 172 valence electrons. The largest absolute Gasteiger partial charge is 0.385 e. The van der Waals surface area contributed by atoms with Crippen LogP contribution in [-0.2, 0) is 22.5 Å². The number of hydrogen-bond donors (Lipinski definition) is 2. The number of nitrogens with zero attached hydrogens (tertiary/aromatic N) is 1. The summed E-state index contributed by atoms with van der Waals surface area (Å²) in [6.07, 6.45) is 5.19. The highest BCUT2D eigenvalue weighted by molar-refractivity contribution is 6.02. The van der Waals surface area contributed by atoms with Gasteiger partial charge in [-0.2, -0.15) is 0 Å². The quantitative estimate of drug-likeness (QED) is 0.507. The van der Waals surface area contributed by atoms with Crippen LogP contribution in [0.5, 0.6) is 0 Å². The van der Waals surface area contributed by atoms with Gasteiger partial charge in [0.2, 0.25) is 5.91 Å². The first-order valence-electron chi connectivity index (χ1n) is 11.6. The molecule has 0 radical (unpaired) electrons. The van der Waals surface area contributed by atoms with E-state index in [9.17, 15) is 9.59 Å². The molecule has 1 heterocycles. The van der Waals surface area contributed by atoms with Gasteiger partial charge in [-0.1, -0.05) is 44.0 Å². The average molecular weight is 438 g/mol. The Labute approximate surface area is 191 Å². The van der Waals surface area contributed by atoms with E-state index in [-0.39, 0.29) is 11.8 Å². The number of hydrogen-bond acceptors (Lipinski definition) is 4. The van der Waals surface area contributed by atoms with Crippen molar-refractivity contribution in [2.24, 2.45) is 0 Å². The molecule has 0 saturated carbocycles. The summed E-state index contributed by atoms with van der Waals surface area (Å²) in [5.41, 5.74) is 4.80. The molecular formula is C26H35N3O3. The fourth-order valence-electron chi connectivity index (χ4n) is 4.05. The maximum absolute atomic E-state index is 13.1. The molecule has 1 aliphatic rings. The van der Waals surface area contributed by atoms with Crippen molar-refractivity contribution in [1.82, 2.24) is 5.32 Å². The van der Waals surface area contributed by atoms with E-state index in [1.165, 1.54) is 11.1 Å². The van der Waals surface area contributed by atoms with Gasteiger partial charge < -0.3 is 20.3 Å². The van der Waals surface area contributed by atoms with Crippen LogP contribution >= 0.6 is 0 Å². The van der Waals surface area contributed by atoms with Crippen LogP contribution in [0.15, 0.2) is 42.5 Å². The Morgan fingerprint density at radius 3 is 2.66 bits per heavy atom. The molecule has 0 unspecified atom stereocenters. The van der Waals surface area contributed by atoms with E-state index in [1.54, 1.807) is 13.2 Å². The Bertz CT molecular complexity index is 913. The van der Waals surface area contributed by atoms with Crippen LogP contribution in [0.3, 0.4) is 0 Å². The second kappa shape index (κ2) is 12.2. The minimum absolute atomic E-state index is 0.00967. The zero-order valence-electron chi connectivity index (χ0n) is 19.3. The predicted octanol–water partition coefficient (Wildman–Crippen LogP) is 4.53. The normalized spacial score (nSPS) is 12.9. The Balaban J connectivity index is 1.78. The highest BCUT2D eigenvalue weighted by Gasteiger charge is 2.22. The second-order valence-electron chi connectivity index (χ2n) is 8.28. The summed E-state index contributed by atoms with van der Waals surface area (Å²) in [7, 11) is 1.65. The molecule has 2 aromatic rings. The lowest BCUT2D eigenvalue weighted by molar-refractivity contribution is -0.116. The lowest BCUT2D eigenvalue weighted by atomic mass is 9.98. The van der Waals surface area contributed by atoms with E-state index in [1.807, 2.05) is 12.1 Å². The van der Waals surface area contributed by atoms with E-state index in [2.05, 4.69) is 46.7 Å². The van der Waals surface area contributed by atoms with Gasteiger partial charge in [-0.15, -0.1) is 0 Å². The fourth-order valence-corrected chi connectivity index (χ4v) is 4.05. The molecule has 1 aliphatic heterocycles.